The Morgan fingerprint density at radius 1 is 1.42 bits per heavy atom. The molecule has 1 unspecified atom stereocenters. The predicted octanol–water partition coefficient (Wildman–Crippen LogP) is 2.89. The van der Waals surface area contributed by atoms with Crippen LogP contribution in [-0.2, 0) is 6.54 Å². The fraction of sp³-hybridized carbons (Fsp3) is 0.667. The van der Waals surface area contributed by atoms with Crippen LogP contribution in [-0.4, -0.2) is 28.0 Å². The summed E-state index contributed by atoms with van der Waals surface area (Å²) in [4.78, 5) is 14.8. The van der Waals surface area contributed by atoms with Gasteiger partial charge in [0.25, 0.3) is 5.91 Å². The number of nitrogens with two attached hydrogens (primary N) is 1. The predicted molar refractivity (Wildman–Crippen MR) is 78.1 cm³/mol. The molecule has 19 heavy (non-hydrogen) atoms. The summed E-state index contributed by atoms with van der Waals surface area (Å²) in [5, 5.41) is 0. The lowest BCUT2D eigenvalue weighted by Gasteiger charge is -2.35. The number of carbonyl (C=O) groups excluding carboxylic acids is 1. The quantitative estimate of drug-likeness (QED) is 0.908. The normalized spacial score (nSPS) is 19.7. The number of anilines is 1. The van der Waals surface area contributed by atoms with Crippen LogP contribution in [0.4, 0.5) is 5.69 Å². The first-order valence-electron chi connectivity index (χ1n) is 7.44. The highest BCUT2D eigenvalue weighted by Crippen LogP contribution is 2.23. The Morgan fingerprint density at radius 2 is 2.21 bits per heavy atom. The number of hydrogen-bond donors (Lipinski definition) is 1. The van der Waals surface area contributed by atoms with Crippen LogP contribution in [0.1, 0.15) is 56.4 Å². The first-order chi connectivity index (χ1) is 9.17. The second-order valence-electron chi connectivity index (χ2n) is 5.41. The minimum atomic E-state index is 0.150. The van der Waals surface area contributed by atoms with E-state index in [-0.39, 0.29) is 5.91 Å². The number of amides is 1. The lowest BCUT2D eigenvalue weighted by atomic mass is 9.99. The highest BCUT2D eigenvalue weighted by atomic mass is 16.2. The summed E-state index contributed by atoms with van der Waals surface area (Å²) >= 11 is 0. The summed E-state index contributed by atoms with van der Waals surface area (Å²) in [6.45, 7) is 6.01. The van der Waals surface area contributed by atoms with Crippen molar-refractivity contribution in [1.29, 1.82) is 0 Å². The molecule has 2 heterocycles. The molecule has 0 radical (unpaired) electrons. The van der Waals surface area contributed by atoms with E-state index in [4.69, 9.17) is 5.73 Å². The molecule has 1 amide bonds. The molecule has 1 aromatic heterocycles. The topological polar surface area (TPSA) is 51.3 Å². The van der Waals surface area contributed by atoms with Crippen LogP contribution in [0.15, 0.2) is 12.3 Å². The fourth-order valence-corrected chi connectivity index (χ4v) is 2.98. The number of carbonyl (C=O) groups is 1. The second kappa shape index (κ2) is 6.13. The van der Waals surface area contributed by atoms with Crippen LogP contribution in [0.5, 0.6) is 0 Å². The Hall–Kier alpha value is -1.45. The first-order valence-corrected chi connectivity index (χ1v) is 7.44. The molecule has 1 aliphatic heterocycles. The van der Waals surface area contributed by atoms with Gasteiger partial charge in [-0.3, -0.25) is 4.79 Å². The summed E-state index contributed by atoms with van der Waals surface area (Å²) in [5.74, 6) is 0.150. The zero-order chi connectivity index (χ0) is 13.8. The molecule has 0 bridgehead atoms. The van der Waals surface area contributed by atoms with Crippen LogP contribution in [0, 0.1) is 0 Å². The standard InChI is InChI=1S/C15H25N3O/c1-3-8-17-11-12(16)10-14(17)15(19)18-9-6-5-7-13(18)4-2/h10-11,13H,3-9,16H2,1-2H3. The molecular formula is C15H25N3O. The molecule has 2 rings (SSSR count). The third kappa shape index (κ3) is 2.94. The molecule has 0 aliphatic carbocycles. The van der Waals surface area contributed by atoms with Crippen LogP contribution in [0.2, 0.25) is 0 Å². The smallest absolute Gasteiger partial charge is 0.270 e. The largest absolute Gasteiger partial charge is 0.397 e. The van der Waals surface area contributed by atoms with Gasteiger partial charge in [0.2, 0.25) is 0 Å². The number of likely N-dealkylation sites (tertiary alicyclic amines) is 1. The number of nitrogens with zero attached hydrogens (tertiary/aromatic N) is 2. The van der Waals surface area contributed by atoms with Crippen LogP contribution in [0.25, 0.3) is 0 Å². The zero-order valence-electron chi connectivity index (χ0n) is 12.1. The Bertz CT molecular complexity index is 439. The van der Waals surface area contributed by atoms with Crippen LogP contribution >= 0.6 is 0 Å². The second-order valence-corrected chi connectivity index (χ2v) is 5.41. The average molecular weight is 263 g/mol. The highest BCUT2D eigenvalue weighted by Gasteiger charge is 2.27. The van der Waals surface area contributed by atoms with Crippen molar-refractivity contribution in [1.82, 2.24) is 9.47 Å². The molecule has 1 aliphatic rings. The maximum atomic E-state index is 12.7. The van der Waals surface area contributed by atoms with Gasteiger partial charge in [0.05, 0.1) is 5.69 Å². The zero-order valence-corrected chi connectivity index (χ0v) is 12.1. The molecule has 4 heteroatoms. The average Bonchev–Trinajstić information content (AvgIpc) is 2.79. The molecule has 1 aromatic rings. The number of nitrogen functional groups attached to an aromatic ring is 1. The molecule has 0 aromatic carbocycles. The van der Waals surface area contributed by atoms with Crippen molar-refractivity contribution in [3.8, 4) is 0 Å². The van der Waals surface area contributed by atoms with Crippen molar-refractivity contribution < 1.29 is 4.79 Å². The van der Waals surface area contributed by atoms with Gasteiger partial charge in [0, 0.05) is 25.3 Å². The first kappa shape index (κ1) is 14.0. The van der Waals surface area contributed by atoms with Gasteiger partial charge in [-0.1, -0.05) is 13.8 Å². The Morgan fingerprint density at radius 3 is 2.89 bits per heavy atom. The Kier molecular flexibility index (Phi) is 4.51. The van der Waals surface area contributed by atoms with E-state index in [0.29, 0.717) is 11.7 Å². The van der Waals surface area contributed by atoms with E-state index < -0.39 is 0 Å². The van der Waals surface area contributed by atoms with E-state index >= 15 is 0 Å². The monoisotopic (exact) mass is 263 g/mol. The van der Waals surface area contributed by atoms with Gasteiger partial charge in [-0.2, -0.15) is 0 Å². The summed E-state index contributed by atoms with van der Waals surface area (Å²) < 4.78 is 2.00. The number of aromatic nitrogens is 1. The van der Waals surface area contributed by atoms with E-state index in [1.807, 2.05) is 21.7 Å². The van der Waals surface area contributed by atoms with Gasteiger partial charge in [-0.25, -0.2) is 0 Å². The van der Waals surface area contributed by atoms with Crippen molar-refractivity contribution in [3.05, 3.63) is 18.0 Å². The molecule has 0 saturated carbocycles. The summed E-state index contributed by atoms with van der Waals surface area (Å²) in [6.07, 6.45) is 7.40. The molecule has 106 valence electrons. The third-order valence-electron chi connectivity index (χ3n) is 3.96. The third-order valence-corrected chi connectivity index (χ3v) is 3.96. The minimum Gasteiger partial charge on any atom is -0.397 e. The van der Waals surface area contributed by atoms with Crippen molar-refractivity contribution in [2.24, 2.45) is 0 Å². The van der Waals surface area contributed by atoms with E-state index in [2.05, 4.69) is 13.8 Å². The van der Waals surface area contributed by atoms with Gasteiger partial charge in [0.1, 0.15) is 5.69 Å². The maximum Gasteiger partial charge on any atom is 0.270 e. The molecular weight excluding hydrogens is 238 g/mol. The summed E-state index contributed by atoms with van der Waals surface area (Å²) in [7, 11) is 0. The molecule has 4 nitrogen and oxygen atoms in total. The number of aryl methyl sites for hydroxylation is 1. The van der Waals surface area contributed by atoms with Gasteiger partial charge in [0.15, 0.2) is 0 Å². The lowest BCUT2D eigenvalue weighted by molar-refractivity contribution is 0.0597. The molecule has 1 atom stereocenters. The molecule has 1 saturated heterocycles. The number of hydrogen-bond acceptors (Lipinski definition) is 2. The van der Waals surface area contributed by atoms with Crippen LogP contribution < -0.4 is 5.73 Å². The van der Waals surface area contributed by atoms with Gasteiger partial charge >= 0.3 is 0 Å². The molecule has 1 fully saturated rings. The highest BCUT2D eigenvalue weighted by molar-refractivity contribution is 5.94. The summed E-state index contributed by atoms with van der Waals surface area (Å²) in [6, 6.07) is 2.21. The fourth-order valence-electron chi connectivity index (χ4n) is 2.98. The van der Waals surface area contributed by atoms with Crippen molar-refractivity contribution in [2.45, 2.75) is 58.5 Å². The van der Waals surface area contributed by atoms with Gasteiger partial charge in [-0.05, 0) is 38.2 Å². The number of piperidine rings is 1. The van der Waals surface area contributed by atoms with Gasteiger partial charge < -0.3 is 15.2 Å². The van der Waals surface area contributed by atoms with Crippen molar-refractivity contribution in [3.63, 3.8) is 0 Å². The van der Waals surface area contributed by atoms with E-state index in [0.717, 1.165) is 44.5 Å². The maximum absolute atomic E-state index is 12.7. The summed E-state index contributed by atoms with van der Waals surface area (Å²) in [5.41, 5.74) is 7.28. The minimum absolute atomic E-state index is 0.150. The Balaban J connectivity index is 2.22. The Labute approximate surface area is 115 Å². The van der Waals surface area contributed by atoms with E-state index in [1.165, 1.54) is 6.42 Å². The van der Waals surface area contributed by atoms with Crippen LogP contribution in [0.3, 0.4) is 0 Å². The van der Waals surface area contributed by atoms with Crippen molar-refractivity contribution in [2.75, 3.05) is 12.3 Å². The van der Waals surface area contributed by atoms with Gasteiger partial charge in [-0.15, -0.1) is 0 Å². The molecule has 2 N–H and O–H groups in total. The molecule has 0 spiro atoms. The number of rotatable bonds is 4. The SMILES string of the molecule is CCCn1cc(N)cc1C(=O)N1CCCCC1CC. The van der Waals surface area contributed by atoms with Crippen molar-refractivity contribution >= 4 is 11.6 Å². The van der Waals surface area contributed by atoms with E-state index in [1.54, 1.807) is 0 Å². The lowest BCUT2D eigenvalue weighted by Crippen LogP contribution is -2.44. The van der Waals surface area contributed by atoms with E-state index in [9.17, 15) is 4.79 Å².